The van der Waals surface area contributed by atoms with Gasteiger partial charge in [0.15, 0.2) is 0 Å². The van der Waals surface area contributed by atoms with Crippen LogP contribution in [0.3, 0.4) is 0 Å². The van der Waals surface area contributed by atoms with E-state index in [0.29, 0.717) is 17.5 Å². The molecule has 3 N–H and O–H groups in total. The fourth-order valence-electron chi connectivity index (χ4n) is 3.45. The van der Waals surface area contributed by atoms with Crippen LogP contribution in [0.1, 0.15) is 50.7 Å². The molecular weight excluding hydrogens is 338 g/mol. The number of aliphatic hydroxyl groups excluding tert-OH is 1. The van der Waals surface area contributed by atoms with Gasteiger partial charge in [0.1, 0.15) is 0 Å². The van der Waals surface area contributed by atoms with Crippen LogP contribution >= 0.6 is 27.5 Å². The van der Waals surface area contributed by atoms with Crippen molar-refractivity contribution < 1.29 is 5.11 Å². The highest BCUT2D eigenvalue weighted by atomic mass is 79.9. The maximum Gasteiger partial charge on any atom is 0.0858 e. The molecule has 2 nitrogen and oxygen atoms in total. The molecule has 0 spiro atoms. The molecule has 0 heterocycles. The van der Waals surface area contributed by atoms with E-state index >= 15 is 0 Å². The van der Waals surface area contributed by atoms with Crippen LogP contribution in [0, 0.1) is 11.3 Å². The second-order valence-corrected chi connectivity index (χ2v) is 7.27. The summed E-state index contributed by atoms with van der Waals surface area (Å²) in [6.07, 6.45) is 5.04. The van der Waals surface area contributed by atoms with E-state index in [9.17, 15) is 5.11 Å². The molecule has 1 aromatic rings. The summed E-state index contributed by atoms with van der Waals surface area (Å²) in [5, 5.41) is 11.5. The summed E-state index contributed by atoms with van der Waals surface area (Å²) in [7, 11) is 0. The molecule has 0 bridgehead atoms. The lowest BCUT2D eigenvalue weighted by Crippen LogP contribution is -2.41. The summed E-state index contributed by atoms with van der Waals surface area (Å²) in [5.41, 5.74) is 6.74. The molecule has 1 aliphatic carbocycles. The molecule has 1 saturated carbocycles. The van der Waals surface area contributed by atoms with Crippen molar-refractivity contribution in [1.82, 2.24) is 0 Å². The second-order valence-electron chi connectivity index (χ2n) is 6.01. The van der Waals surface area contributed by atoms with Crippen molar-refractivity contribution in [3.8, 4) is 0 Å². The highest BCUT2D eigenvalue weighted by molar-refractivity contribution is 9.10. The van der Waals surface area contributed by atoms with Crippen molar-refractivity contribution in [1.29, 1.82) is 0 Å². The van der Waals surface area contributed by atoms with E-state index in [1.165, 1.54) is 6.42 Å². The molecule has 0 amide bonds. The van der Waals surface area contributed by atoms with E-state index in [4.69, 9.17) is 17.3 Å². The summed E-state index contributed by atoms with van der Waals surface area (Å²) in [6, 6.07) is 5.68. The van der Waals surface area contributed by atoms with Crippen LogP contribution in [0.2, 0.25) is 5.02 Å². The van der Waals surface area contributed by atoms with Crippen LogP contribution in [0.25, 0.3) is 0 Å². The second kappa shape index (κ2) is 6.78. The van der Waals surface area contributed by atoms with E-state index in [2.05, 4.69) is 22.9 Å². The minimum absolute atomic E-state index is 0.198. The number of aliphatic hydroxyl groups is 1. The third-order valence-electron chi connectivity index (χ3n) is 4.81. The largest absolute Gasteiger partial charge is 0.388 e. The zero-order valence-corrected chi connectivity index (χ0v) is 14.3. The van der Waals surface area contributed by atoms with Gasteiger partial charge in [-0.2, -0.15) is 0 Å². The quantitative estimate of drug-likeness (QED) is 0.819. The highest BCUT2D eigenvalue weighted by Crippen LogP contribution is 2.48. The number of nitrogens with two attached hydrogens (primary N) is 1. The van der Waals surface area contributed by atoms with Crippen LogP contribution in [0.4, 0.5) is 0 Å². The molecule has 3 unspecified atom stereocenters. The monoisotopic (exact) mass is 359 g/mol. The minimum atomic E-state index is -0.535. The van der Waals surface area contributed by atoms with Gasteiger partial charge in [-0.05, 0) is 52.4 Å². The van der Waals surface area contributed by atoms with Crippen molar-refractivity contribution in [3.63, 3.8) is 0 Å². The first-order chi connectivity index (χ1) is 9.52. The standard InChI is InChI=1S/C16H23BrClNO/c1-2-11-4-3-7-16(9-11,10-19)15(20)12-5-6-13(17)14(18)8-12/h5-6,8,11,15,20H,2-4,7,9-10,19H2,1H3. The number of rotatable bonds is 4. The van der Waals surface area contributed by atoms with Crippen molar-refractivity contribution in [2.45, 2.75) is 45.1 Å². The smallest absolute Gasteiger partial charge is 0.0858 e. The Kier molecular flexibility index (Phi) is 5.52. The number of hydrogen-bond acceptors (Lipinski definition) is 2. The third kappa shape index (κ3) is 3.22. The Hall–Kier alpha value is -0.0900. The average Bonchev–Trinajstić information content (AvgIpc) is 2.49. The molecule has 0 radical (unpaired) electrons. The Morgan fingerprint density at radius 2 is 2.30 bits per heavy atom. The summed E-state index contributed by atoms with van der Waals surface area (Å²) >= 11 is 9.54. The highest BCUT2D eigenvalue weighted by Gasteiger charge is 2.41. The first-order valence-electron chi connectivity index (χ1n) is 7.35. The lowest BCUT2D eigenvalue weighted by atomic mass is 9.64. The molecule has 112 valence electrons. The van der Waals surface area contributed by atoms with Crippen molar-refractivity contribution in [3.05, 3.63) is 33.3 Å². The van der Waals surface area contributed by atoms with Gasteiger partial charge in [0.05, 0.1) is 11.1 Å². The van der Waals surface area contributed by atoms with Gasteiger partial charge in [-0.25, -0.2) is 0 Å². The Bertz CT molecular complexity index is 468. The zero-order chi connectivity index (χ0) is 14.8. The molecule has 1 aromatic carbocycles. The molecule has 0 aliphatic heterocycles. The molecule has 20 heavy (non-hydrogen) atoms. The minimum Gasteiger partial charge on any atom is -0.388 e. The molecule has 4 heteroatoms. The van der Waals surface area contributed by atoms with Gasteiger partial charge in [0, 0.05) is 16.4 Å². The predicted octanol–water partition coefficient (Wildman–Crippen LogP) is 4.68. The summed E-state index contributed by atoms with van der Waals surface area (Å²) in [6.45, 7) is 2.75. The van der Waals surface area contributed by atoms with E-state index in [1.54, 1.807) is 0 Å². The first kappa shape index (κ1) is 16.3. The molecular formula is C16H23BrClNO. The fourth-order valence-corrected chi connectivity index (χ4v) is 3.89. The maximum atomic E-state index is 10.9. The van der Waals surface area contributed by atoms with E-state index in [0.717, 1.165) is 35.7 Å². The number of hydrogen-bond donors (Lipinski definition) is 2. The summed E-state index contributed by atoms with van der Waals surface area (Å²) in [4.78, 5) is 0. The van der Waals surface area contributed by atoms with Gasteiger partial charge in [-0.3, -0.25) is 0 Å². The molecule has 1 aliphatic rings. The maximum absolute atomic E-state index is 10.9. The van der Waals surface area contributed by atoms with Gasteiger partial charge in [-0.15, -0.1) is 0 Å². The van der Waals surface area contributed by atoms with E-state index in [1.807, 2.05) is 18.2 Å². The number of benzene rings is 1. The normalized spacial score (nSPS) is 28.4. The topological polar surface area (TPSA) is 46.2 Å². The van der Waals surface area contributed by atoms with Crippen LogP contribution in [-0.2, 0) is 0 Å². The average molecular weight is 361 g/mol. The molecule has 0 saturated heterocycles. The summed E-state index contributed by atoms with van der Waals surface area (Å²) in [5.74, 6) is 0.674. The summed E-state index contributed by atoms with van der Waals surface area (Å²) < 4.78 is 0.854. The van der Waals surface area contributed by atoms with Crippen LogP contribution in [-0.4, -0.2) is 11.7 Å². The van der Waals surface area contributed by atoms with Crippen molar-refractivity contribution >= 4 is 27.5 Å². The Morgan fingerprint density at radius 3 is 2.90 bits per heavy atom. The van der Waals surface area contributed by atoms with Crippen molar-refractivity contribution in [2.75, 3.05) is 6.54 Å². The molecule has 2 rings (SSSR count). The Morgan fingerprint density at radius 1 is 1.55 bits per heavy atom. The number of halogens is 2. The first-order valence-corrected chi connectivity index (χ1v) is 8.52. The zero-order valence-electron chi connectivity index (χ0n) is 11.9. The van der Waals surface area contributed by atoms with Gasteiger partial charge >= 0.3 is 0 Å². The molecule has 3 atom stereocenters. The van der Waals surface area contributed by atoms with Crippen LogP contribution in [0.15, 0.2) is 22.7 Å². The lowest BCUT2D eigenvalue weighted by molar-refractivity contribution is -0.0162. The van der Waals surface area contributed by atoms with Gasteiger partial charge in [-0.1, -0.05) is 43.9 Å². The Labute approximate surface area is 134 Å². The fraction of sp³-hybridized carbons (Fsp3) is 0.625. The van der Waals surface area contributed by atoms with Crippen LogP contribution < -0.4 is 5.73 Å². The van der Waals surface area contributed by atoms with Gasteiger partial charge in [0.25, 0.3) is 0 Å². The SMILES string of the molecule is CCC1CCCC(CN)(C(O)c2ccc(Br)c(Cl)c2)C1. The van der Waals surface area contributed by atoms with Crippen LogP contribution in [0.5, 0.6) is 0 Å². The van der Waals surface area contributed by atoms with E-state index < -0.39 is 6.10 Å². The third-order valence-corrected chi connectivity index (χ3v) is 6.04. The molecule has 1 fully saturated rings. The Balaban J connectivity index is 2.27. The lowest BCUT2D eigenvalue weighted by Gasteiger charge is -2.43. The van der Waals surface area contributed by atoms with Gasteiger partial charge in [0.2, 0.25) is 0 Å². The predicted molar refractivity (Wildman–Crippen MR) is 87.8 cm³/mol. The molecule has 0 aromatic heterocycles. The van der Waals surface area contributed by atoms with E-state index in [-0.39, 0.29) is 5.41 Å². The van der Waals surface area contributed by atoms with Gasteiger partial charge < -0.3 is 10.8 Å². The van der Waals surface area contributed by atoms with Crippen molar-refractivity contribution in [2.24, 2.45) is 17.1 Å².